The van der Waals surface area contributed by atoms with E-state index in [1.807, 2.05) is 0 Å². The molecule has 0 bridgehead atoms. The Kier molecular flexibility index (Phi) is 4.12. The van der Waals surface area contributed by atoms with Crippen molar-refractivity contribution in [2.24, 2.45) is 0 Å². The zero-order valence-corrected chi connectivity index (χ0v) is 13.6. The van der Waals surface area contributed by atoms with Crippen LogP contribution in [0.4, 0.5) is 9.59 Å². The Morgan fingerprint density at radius 1 is 1.41 bits per heavy atom. The Balaban J connectivity index is 2.25. The van der Waals surface area contributed by atoms with Crippen LogP contribution < -0.4 is 0 Å². The number of cyclic esters (lactones) is 2. The molecule has 2 heterocycles. The molecule has 0 spiro atoms. The average molecular weight is 313 g/mol. The van der Waals surface area contributed by atoms with Crippen LogP contribution in [0.2, 0.25) is 0 Å². The second-order valence-electron chi connectivity index (χ2n) is 6.83. The molecule has 2 saturated heterocycles. The monoisotopic (exact) mass is 313 g/mol. The zero-order valence-electron chi connectivity index (χ0n) is 13.6. The molecule has 0 radical (unpaired) electrons. The standard InChI is InChI=1S/C15H23NO6/c1-7-10-11(21-13(18)20-10)9-8-19-15(5,6)16(9)12(17)22-14(2,3)4/h7,9-11H,1,8H2,2-6H3/t9-,10-,11+/m1/s1. The first-order chi connectivity index (χ1) is 10.0. The molecule has 1 amide bonds. The van der Waals surface area contributed by atoms with Gasteiger partial charge in [0.05, 0.1) is 6.61 Å². The van der Waals surface area contributed by atoms with E-state index in [0.717, 1.165) is 0 Å². The summed E-state index contributed by atoms with van der Waals surface area (Å²) in [6, 6.07) is -0.501. The van der Waals surface area contributed by atoms with Crippen LogP contribution in [0.15, 0.2) is 12.7 Å². The van der Waals surface area contributed by atoms with E-state index in [2.05, 4.69) is 6.58 Å². The predicted octanol–water partition coefficient (Wildman–Crippen LogP) is 2.45. The van der Waals surface area contributed by atoms with E-state index in [4.69, 9.17) is 18.9 Å². The molecule has 0 aromatic carbocycles. The van der Waals surface area contributed by atoms with Crippen LogP contribution >= 0.6 is 0 Å². The molecule has 22 heavy (non-hydrogen) atoms. The molecule has 0 aliphatic carbocycles. The second kappa shape index (κ2) is 5.46. The molecule has 124 valence electrons. The van der Waals surface area contributed by atoms with Crippen molar-refractivity contribution in [3.8, 4) is 0 Å². The van der Waals surface area contributed by atoms with E-state index in [1.54, 1.807) is 34.6 Å². The van der Waals surface area contributed by atoms with Crippen molar-refractivity contribution >= 4 is 12.2 Å². The molecule has 0 saturated carbocycles. The molecular formula is C15H23NO6. The zero-order chi connectivity index (χ0) is 16.7. The molecule has 2 aliphatic heterocycles. The van der Waals surface area contributed by atoms with Gasteiger partial charge >= 0.3 is 12.2 Å². The summed E-state index contributed by atoms with van der Waals surface area (Å²) in [5, 5.41) is 0. The summed E-state index contributed by atoms with van der Waals surface area (Å²) in [6.45, 7) is 12.7. The Hall–Kier alpha value is -1.76. The maximum Gasteiger partial charge on any atom is 0.509 e. The van der Waals surface area contributed by atoms with Crippen molar-refractivity contribution in [1.29, 1.82) is 0 Å². The van der Waals surface area contributed by atoms with E-state index in [-0.39, 0.29) is 6.61 Å². The highest BCUT2D eigenvalue weighted by atomic mass is 16.8. The Labute approximate surface area is 130 Å². The van der Waals surface area contributed by atoms with Crippen LogP contribution in [0.25, 0.3) is 0 Å². The molecular weight excluding hydrogens is 290 g/mol. The molecule has 0 unspecified atom stereocenters. The summed E-state index contributed by atoms with van der Waals surface area (Å²) in [6.07, 6.45) is -1.11. The van der Waals surface area contributed by atoms with Crippen molar-refractivity contribution in [2.45, 2.75) is 64.2 Å². The smallest absolute Gasteiger partial charge is 0.444 e. The minimum absolute atomic E-state index is 0.220. The number of ether oxygens (including phenoxy) is 4. The molecule has 3 atom stereocenters. The summed E-state index contributed by atoms with van der Waals surface area (Å²) in [7, 11) is 0. The molecule has 0 aromatic rings. The second-order valence-corrected chi connectivity index (χ2v) is 6.83. The highest BCUT2D eigenvalue weighted by Crippen LogP contribution is 2.35. The Morgan fingerprint density at radius 3 is 2.59 bits per heavy atom. The van der Waals surface area contributed by atoms with Gasteiger partial charge in [-0.2, -0.15) is 0 Å². The molecule has 7 nitrogen and oxygen atoms in total. The van der Waals surface area contributed by atoms with Crippen LogP contribution in [0, 0.1) is 0 Å². The van der Waals surface area contributed by atoms with Crippen molar-refractivity contribution in [1.82, 2.24) is 4.90 Å². The molecule has 2 aliphatic rings. The fraction of sp³-hybridized carbons (Fsp3) is 0.733. The summed E-state index contributed by atoms with van der Waals surface area (Å²) >= 11 is 0. The van der Waals surface area contributed by atoms with Gasteiger partial charge in [-0.1, -0.05) is 6.58 Å². The fourth-order valence-electron chi connectivity index (χ4n) is 2.60. The van der Waals surface area contributed by atoms with Crippen molar-refractivity contribution < 1.29 is 28.5 Å². The van der Waals surface area contributed by atoms with Gasteiger partial charge in [-0.15, -0.1) is 0 Å². The van der Waals surface area contributed by atoms with Crippen LogP contribution in [0.1, 0.15) is 34.6 Å². The average Bonchev–Trinajstić information content (AvgIpc) is 2.86. The van der Waals surface area contributed by atoms with E-state index >= 15 is 0 Å². The third-order valence-corrected chi connectivity index (χ3v) is 3.51. The van der Waals surface area contributed by atoms with E-state index in [9.17, 15) is 9.59 Å². The topological polar surface area (TPSA) is 74.3 Å². The third kappa shape index (κ3) is 3.19. The van der Waals surface area contributed by atoms with Gasteiger partial charge in [-0.3, -0.25) is 4.90 Å². The largest absolute Gasteiger partial charge is 0.509 e. The number of rotatable bonds is 2. The molecule has 0 aromatic heterocycles. The highest BCUT2D eigenvalue weighted by molar-refractivity contribution is 5.70. The summed E-state index contributed by atoms with van der Waals surface area (Å²) in [5.41, 5.74) is -1.51. The minimum atomic E-state index is -0.867. The van der Waals surface area contributed by atoms with Gasteiger partial charge in [-0.05, 0) is 40.7 Å². The summed E-state index contributed by atoms with van der Waals surface area (Å²) in [4.78, 5) is 25.4. The van der Waals surface area contributed by atoms with Gasteiger partial charge in [-0.25, -0.2) is 9.59 Å². The molecule has 0 N–H and O–H groups in total. The van der Waals surface area contributed by atoms with E-state index in [0.29, 0.717) is 0 Å². The first kappa shape index (κ1) is 16.6. The summed E-state index contributed by atoms with van der Waals surface area (Å²) in [5.74, 6) is 0. The number of hydrogen-bond donors (Lipinski definition) is 0. The Morgan fingerprint density at radius 2 is 2.05 bits per heavy atom. The fourth-order valence-corrected chi connectivity index (χ4v) is 2.60. The molecule has 7 heteroatoms. The first-order valence-corrected chi connectivity index (χ1v) is 7.21. The van der Waals surface area contributed by atoms with Gasteiger partial charge < -0.3 is 18.9 Å². The van der Waals surface area contributed by atoms with Gasteiger partial charge in [0.2, 0.25) is 0 Å². The SMILES string of the molecule is C=C[C@H]1OC(=O)O[C@H]1[C@H]1COC(C)(C)N1C(=O)OC(C)(C)C. The highest BCUT2D eigenvalue weighted by Gasteiger charge is 2.54. The lowest BCUT2D eigenvalue weighted by Crippen LogP contribution is -2.54. The summed E-state index contributed by atoms with van der Waals surface area (Å²) < 4.78 is 21.3. The maximum atomic E-state index is 12.5. The van der Waals surface area contributed by atoms with Crippen LogP contribution in [-0.4, -0.2) is 53.3 Å². The lowest BCUT2D eigenvalue weighted by Gasteiger charge is -2.36. The van der Waals surface area contributed by atoms with Crippen molar-refractivity contribution in [2.75, 3.05) is 6.61 Å². The normalized spacial score (nSPS) is 30.7. The van der Waals surface area contributed by atoms with Crippen LogP contribution in [-0.2, 0) is 18.9 Å². The van der Waals surface area contributed by atoms with Crippen molar-refractivity contribution in [3.63, 3.8) is 0 Å². The quantitative estimate of drug-likeness (QED) is 0.576. The van der Waals surface area contributed by atoms with Crippen molar-refractivity contribution in [3.05, 3.63) is 12.7 Å². The first-order valence-electron chi connectivity index (χ1n) is 7.21. The molecule has 2 fully saturated rings. The minimum Gasteiger partial charge on any atom is -0.444 e. The van der Waals surface area contributed by atoms with Crippen LogP contribution in [0.5, 0.6) is 0 Å². The van der Waals surface area contributed by atoms with Crippen LogP contribution in [0.3, 0.4) is 0 Å². The number of amides is 1. The van der Waals surface area contributed by atoms with Gasteiger partial charge in [0.1, 0.15) is 17.4 Å². The maximum absolute atomic E-state index is 12.5. The number of nitrogens with zero attached hydrogens (tertiary/aromatic N) is 1. The number of carbonyl (C=O) groups is 2. The lowest BCUT2D eigenvalue weighted by molar-refractivity contribution is -0.0673. The number of carbonyl (C=O) groups excluding carboxylic acids is 2. The van der Waals surface area contributed by atoms with Gasteiger partial charge in [0, 0.05) is 0 Å². The lowest BCUT2D eigenvalue weighted by atomic mass is 10.0. The van der Waals surface area contributed by atoms with Gasteiger partial charge in [0.15, 0.2) is 12.2 Å². The van der Waals surface area contributed by atoms with E-state index < -0.39 is 41.8 Å². The van der Waals surface area contributed by atoms with E-state index in [1.165, 1.54) is 11.0 Å². The molecule has 2 rings (SSSR count). The number of hydrogen-bond acceptors (Lipinski definition) is 6. The third-order valence-electron chi connectivity index (χ3n) is 3.51. The van der Waals surface area contributed by atoms with Gasteiger partial charge in [0.25, 0.3) is 0 Å². The Bertz CT molecular complexity index is 481. The predicted molar refractivity (Wildman–Crippen MR) is 77.2 cm³/mol.